The first-order valence-corrected chi connectivity index (χ1v) is 10.7. The average molecular weight is 405 g/mol. The largest absolute Gasteiger partial charge is 0.478 e. The standard InChI is InChI=1S/C26H32N2O2/c1-25(2,3)23-27-21(15-29-23)19-13-9-7-11-17(19)18-12-8-10-14-20(18)22-16-30-24(28-22)26(4,5)6/h7-14,21-22H,15-16H2,1-6H3/t21-,22-/m1/s1. The van der Waals surface area contributed by atoms with Gasteiger partial charge in [-0.05, 0) is 22.3 Å². The van der Waals surface area contributed by atoms with E-state index in [1.807, 2.05) is 0 Å². The average Bonchev–Trinajstić information content (AvgIpc) is 3.37. The Morgan fingerprint density at radius 1 is 0.633 bits per heavy atom. The smallest absolute Gasteiger partial charge is 0.189 e. The predicted octanol–water partition coefficient (Wildman–Crippen LogP) is 6.39. The maximum Gasteiger partial charge on any atom is 0.189 e. The molecule has 0 saturated heterocycles. The minimum Gasteiger partial charge on any atom is -0.478 e. The van der Waals surface area contributed by atoms with Crippen LogP contribution in [-0.2, 0) is 9.47 Å². The topological polar surface area (TPSA) is 43.2 Å². The van der Waals surface area contributed by atoms with E-state index in [9.17, 15) is 0 Å². The second kappa shape index (κ2) is 7.57. The monoisotopic (exact) mass is 404 g/mol. The molecule has 2 aliphatic rings. The number of ether oxygens (including phenoxy) is 2. The summed E-state index contributed by atoms with van der Waals surface area (Å²) in [4.78, 5) is 9.86. The summed E-state index contributed by atoms with van der Waals surface area (Å²) in [6.07, 6.45) is 0. The van der Waals surface area contributed by atoms with Crippen LogP contribution in [0.3, 0.4) is 0 Å². The van der Waals surface area contributed by atoms with Gasteiger partial charge < -0.3 is 9.47 Å². The van der Waals surface area contributed by atoms with Crippen molar-refractivity contribution in [2.75, 3.05) is 13.2 Å². The number of benzene rings is 2. The zero-order valence-corrected chi connectivity index (χ0v) is 18.9. The van der Waals surface area contributed by atoms with Gasteiger partial charge in [-0.2, -0.15) is 0 Å². The zero-order valence-electron chi connectivity index (χ0n) is 18.9. The summed E-state index contributed by atoms with van der Waals surface area (Å²) in [6.45, 7) is 14.0. The molecule has 0 saturated carbocycles. The molecule has 0 unspecified atom stereocenters. The predicted molar refractivity (Wildman–Crippen MR) is 123 cm³/mol. The molecule has 0 fully saturated rings. The maximum atomic E-state index is 5.96. The van der Waals surface area contributed by atoms with Gasteiger partial charge in [-0.1, -0.05) is 90.1 Å². The molecule has 158 valence electrons. The molecule has 2 aromatic rings. The minimum absolute atomic E-state index is 0.0111. The van der Waals surface area contributed by atoms with Crippen molar-refractivity contribution in [3.05, 3.63) is 59.7 Å². The Labute approximate surface area is 180 Å². The van der Waals surface area contributed by atoms with Crippen LogP contribution in [0.15, 0.2) is 58.5 Å². The lowest BCUT2D eigenvalue weighted by Crippen LogP contribution is -2.20. The molecule has 30 heavy (non-hydrogen) atoms. The van der Waals surface area contributed by atoms with Crippen LogP contribution in [0, 0.1) is 10.8 Å². The van der Waals surface area contributed by atoms with E-state index in [-0.39, 0.29) is 22.9 Å². The van der Waals surface area contributed by atoms with E-state index < -0.39 is 0 Å². The molecule has 0 amide bonds. The highest BCUT2D eigenvalue weighted by Gasteiger charge is 2.32. The molecular formula is C26H32N2O2. The van der Waals surface area contributed by atoms with E-state index in [4.69, 9.17) is 19.5 Å². The highest BCUT2D eigenvalue weighted by Crippen LogP contribution is 2.40. The molecule has 2 atom stereocenters. The number of aliphatic imine (C=N–C) groups is 2. The van der Waals surface area contributed by atoms with E-state index in [0.717, 1.165) is 11.8 Å². The fraction of sp³-hybridized carbons (Fsp3) is 0.462. The van der Waals surface area contributed by atoms with E-state index in [0.29, 0.717) is 13.2 Å². The Morgan fingerprint density at radius 2 is 1.00 bits per heavy atom. The van der Waals surface area contributed by atoms with E-state index >= 15 is 0 Å². The van der Waals surface area contributed by atoms with Crippen LogP contribution < -0.4 is 0 Å². The van der Waals surface area contributed by atoms with Gasteiger partial charge in [0, 0.05) is 10.8 Å². The lowest BCUT2D eigenvalue weighted by molar-refractivity contribution is 0.283. The molecule has 4 heteroatoms. The van der Waals surface area contributed by atoms with Crippen LogP contribution in [0.25, 0.3) is 11.1 Å². The van der Waals surface area contributed by atoms with Crippen LogP contribution in [0.1, 0.15) is 64.8 Å². The summed E-state index contributed by atoms with van der Waals surface area (Å²) in [5, 5.41) is 0. The molecule has 0 N–H and O–H groups in total. The van der Waals surface area contributed by atoms with Crippen LogP contribution in [0.5, 0.6) is 0 Å². The fourth-order valence-electron chi connectivity index (χ4n) is 3.95. The molecule has 0 aliphatic carbocycles. The third kappa shape index (κ3) is 4.00. The summed E-state index contributed by atoms with van der Waals surface area (Å²) in [5.41, 5.74) is 4.62. The third-order valence-corrected chi connectivity index (χ3v) is 5.51. The second-order valence-corrected chi connectivity index (χ2v) is 10.2. The highest BCUT2D eigenvalue weighted by atomic mass is 16.5. The van der Waals surface area contributed by atoms with Gasteiger partial charge in [0.1, 0.15) is 25.3 Å². The van der Waals surface area contributed by atoms with Crippen molar-refractivity contribution < 1.29 is 9.47 Å². The number of rotatable bonds is 3. The Kier molecular flexibility index (Phi) is 5.21. The van der Waals surface area contributed by atoms with Crippen LogP contribution >= 0.6 is 0 Å². The van der Waals surface area contributed by atoms with Gasteiger partial charge >= 0.3 is 0 Å². The van der Waals surface area contributed by atoms with Crippen LogP contribution in [-0.4, -0.2) is 25.0 Å². The number of nitrogens with zero attached hydrogens (tertiary/aromatic N) is 2. The molecule has 0 radical (unpaired) electrons. The molecule has 0 spiro atoms. The van der Waals surface area contributed by atoms with Crippen molar-refractivity contribution in [2.24, 2.45) is 20.8 Å². The first kappa shape index (κ1) is 20.6. The normalized spacial score (nSPS) is 21.7. The summed E-state index contributed by atoms with van der Waals surface area (Å²) in [5.74, 6) is 1.67. The Morgan fingerprint density at radius 3 is 1.33 bits per heavy atom. The van der Waals surface area contributed by atoms with E-state index in [2.05, 4.69) is 90.1 Å². The van der Waals surface area contributed by atoms with E-state index in [1.54, 1.807) is 0 Å². The van der Waals surface area contributed by atoms with Gasteiger partial charge in [-0.3, -0.25) is 0 Å². The van der Waals surface area contributed by atoms with Gasteiger partial charge in [0.25, 0.3) is 0 Å². The number of hydrogen-bond acceptors (Lipinski definition) is 4. The molecule has 0 aromatic heterocycles. The van der Waals surface area contributed by atoms with Crippen molar-refractivity contribution in [2.45, 2.75) is 53.6 Å². The van der Waals surface area contributed by atoms with Crippen molar-refractivity contribution in [3.8, 4) is 11.1 Å². The molecule has 4 nitrogen and oxygen atoms in total. The highest BCUT2D eigenvalue weighted by molar-refractivity contribution is 5.84. The molecule has 4 rings (SSSR count). The first-order valence-electron chi connectivity index (χ1n) is 10.7. The Bertz CT molecular complexity index is 911. The second-order valence-electron chi connectivity index (χ2n) is 10.2. The SMILES string of the molecule is CC(C)(C)C1=N[C@@H](c2ccccc2-c2ccccc2[C@H]2COC(C(C)(C)C)=N2)CO1. The van der Waals surface area contributed by atoms with E-state index in [1.165, 1.54) is 22.3 Å². The fourth-order valence-corrected chi connectivity index (χ4v) is 3.95. The van der Waals surface area contributed by atoms with Crippen LogP contribution in [0.4, 0.5) is 0 Å². The lowest BCUT2D eigenvalue weighted by Gasteiger charge is -2.17. The molecule has 2 aromatic carbocycles. The minimum atomic E-state index is -0.0825. The quantitative estimate of drug-likeness (QED) is 0.595. The summed E-state index contributed by atoms with van der Waals surface area (Å²) in [6, 6.07) is 17.1. The van der Waals surface area contributed by atoms with Gasteiger partial charge in [-0.15, -0.1) is 0 Å². The molecule has 2 aliphatic heterocycles. The van der Waals surface area contributed by atoms with Gasteiger partial charge in [-0.25, -0.2) is 9.98 Å². The molecule has 0 bridgehead atoms. The van der Waals surface area contributed by atoms with Crippen molar-refractivity contribution in [1.29, 1.82) is 0 Å². The Balaban J connectivity index is 1.74. The number of hydrogen-bond donors (Lipinski definition) is 0. The maximum absolute atomic E-state index is 5.96. The lowest BCUT2D eigenvalue weighted by atomic mass is 9.90. The van der Waals surface area contributed by atoms with Crippen molar-refractivity contribution in [3.63, 3.8) is 0 Å². The van der Waals surface area contributed by atoms with Crippen molar-refractivity contribution in [1.82, 2.24) is 0 Å². The summed E-state index contributed by atoms with van der Waals surface area (Å²) < 4.78 is 11.9. The zero-order chi connectivity index (χ0) is 21.5. The Hall–Kier alpha value is -2.62. The van der Waals surface area contributed by atoms with Gasteiger partial charge in [0.2, 0.25) is 0 Å². The van der Waals surface area contributed by atoms with Crippen LogP contribution in [0.2, 0.25) is 0 Å². The van der Waals surface area contributed by atoms with Gasteiger partial charge in [0.15, 0.2) is 11.8 Å². The molecular weight excluding hydrogens is 372 g/mol. The summed E-state index contributed by atoms with van der Waals surface area (Å²) in [7, 11) is 0. The van der Waals surface area contributed by atoms with Crippen molar-refractivity contribution >= 4 is 11.8 Å². The molecule has 2 heterocycles. The first-order chi connectivity index (χ1) is 14.1. The van der Waals surface area contributed by atoms with Gasteiger partial charge in [0.05, 0.1) is 0 Å². The summed E-state index contributed by atoms with van der Waals surface area (Å²) >= 11 is 0. The third-order valence-electron chi connectivity index (χ3n) is 5.51.